The van der Waals surface area contributed by atoms with Gasteiger partial charge in [-0.1, -0.05) is 6.92 Å². The summed E-state index contributed by atoms with van der Waals surface area (Å²) < 4.78 is 7.25. The first kappa shape index (κ1) is 15.7. The van der Waals surface area contributed by atoms with Crippen molar-refractivity contribution in [1.82, 2.24) is 14.7 Å². The second kappa shape index (κ2) is 6.50. The molecule has 0 amide bonds. The van der Waals surface area contributed by atoms with Gasteiger partial charge in [0.25, 0.3) is 0 Å². The maximum atomic E-state index is 6.14. The van der Waals surface area contributed by atoms with Gasteiger partial charge < -0.3 is 20.3 Å². The van der Waals surface area contributed by atoms with Crippen LogP contribution in [0.25, 0.3) is 11.1 Å². The third-order valence-electron chi connectivity index (χ3n) is 4.52. The summed E-state index contributed by atoms with van der Waals surface area (Å²) in [6, 6.07) is 4.05. The zero-order chi connectivity index (χ0) is 16.4. The Balaban J connectivity index is 2.00. The Morgan fingerprint density at radius 1 is 1.22 bits per heavy atom. The Morgan fingerprint density at radius 2 is 1.96 bits per heavy atom. The molecular formula is C17H25N5O. The molecule has 1 aromatic carbocycles. The lowest BCUT2D eigenvalue weighted by atomic mass is 10.0. The second-order valence-corrected chi connectivity index (χ2v) is 5.94. The third-order valence-corrected chi connectivity index (χ3v) is 4.52. The monoisotopic (exact) mass is 315 g/mol. The minimum atomic E-state index is 0.655. The molecule has 124 valence electrons. The smallest absolute Gasteiger partial charge is 0.143 e. The number of anilines is 2. The molecule has 0 saturated carbocycles. The molecule has 1 aliphatic heterocycles. The molecule has 0 aliphatic carbocycles. The molecule has 1 saturated heterocycles. The standard InChI is InChI=1S/C17H25N5O/c1-4-21-5-7-22(8-6-21)16-10-17(23-3)15(18)9-14(16)13-11-19-20(2)12-13/h9-12H,4-8,18H2,1-3H3. The Labute approximate surface area is 137 Å². The molecule has 1 aromatic heterocycles. The van der Waals surface area contributed by atoms with Crippen LogP contribution in [0.2, 0.25) is 0 Å². The number of nitrogens with zero attached hydrogens (tertiary/aromatic N) is 4. The van der Waals surface area contributed by atoms with E-state index >= 15 is 0 Å². The molecule has 1 fully saturated rings. The van der Waals surface area contributed by atoms with Gasteiger partial charge in [-0.3, -0.25) is 4.68 Å². The highest BCUT2D eigenvalue weighted by molar-refractivity contribution is 5.83. The summed E-state index contributed by atoms with van der Waals surface area (Å²) in [5, 5.41) is 4.29. The fraction of sp³-hybridized carbons (Fsp3) is 0.471. The van der Waals surface area contributed by atoms with Gasteiger partial charge in [-0.25, -0.2) is 0 Å². The van der Waals surface area contributed by atoms with E-state index in [2.05, 4.69) is 27.9 Å². The van der Waals surface area contributed by atoms with Gasteiger partial charge in [0.2, 0.25) is 0 Å². The van der Waals surface area contributed by atoms with Gasteiger partial charge in [-0.05, 0) is 12.6 Å². The van der Waals surface area contributed by atoms with E-state index in [1.54, 1.807) is 7.11 Å². The van der Waals surface area contributed by atoms with E-state index in [-0.39, 0.29) is 0 Å². The number of nitrogen functional groups attached to an aromatic ring is 1. The number of nitrogens with two attached hydrogens (primary N) is 1. The van der Waals surface area contributed by atoms with E-state index in [1.165, 1.54) is 5.69 Å². The Hall–Kier alpha value is -2.21. The van der Waals surface area contributed by atoms with Crippen LogP contribution in [0.3, 0.4) is 0 Å². The lowest BCUT2D eigenvalue weighted by Gasteiger charge is -2.36. The lowest BCUT2D eigenvalue weighted by molar-refractivity contribution is 0.271. The van der Waals surface area contributed by atoms with Crippen molar-refractivity contribution in [1.29, 1.82) is 0 Å². The van der Waals surface area contributed by atoms with E-state index in [0.29, 0.717) is 5.69 Å². The highest BCUT2D eigenvalue weighted by Gasteiger charge is 2.21. The van der Waals surface area contributed by atoms with E-state index < -0.39 is 0 Å². The van der Waals surface area contributed by atoms with E-state index in [4.69, 9.17) is 10.5 Å². The molecule has 0 atom stereocenters. The molecule has 0 spiro atoms. The summed E-state index contributed by atoms with van der Waals surface area (Å²) in [5.41, 5.74) is 10.2. The summed E-state index contributed by atoms with van der Waals surface area (Å²) in [6.07, 6.45) is 3.90. The Bertz CT molecular complexity index is 674. The molecule has 0 radical (unpaired) electrons. The summed E-state index contributed by atoms with van der Waals surface area (Å²) in [4.78, 5) is 4.88. The van der Waals surface area contributed by atoms with Crippen LogP contribution in [0.4, 0.5) is 11.4 Å². The molecule has 2 aromatic rings. The van der Waals surface area contributed by atoms with Crippen molar-refractivity contribution >= 4 is 11.4 Å². The molecule has 1 aliphatic rings. The van der Waals surface area contributed by atoms with Gasteiger partial charge in [0.05, 0.1) is 19.0 Å². The maximum absolute atomic E-state index is 6.14. The van der Waals surface area contributed by atoms with E-state index in [9.17, 15) is 0 Å². The number of likely N-dealkylation sites (N-methyl/N-ethyl adjacent to an activating group) is 1. The van der Waals surface area contributed by atoms with Crippen LogP contribution in [0.1, 0.15) is 6.92 Å². The number of benzene rings is 1. The number of ether oxygens (including phenoxy) is 1. The Kier molecular flexibility index (Phi) is 4.43. The fourth-order valence-corrected chi connectivity index (χ4v) is 3.12. The van der Waals surface area contributed by atoms with Crippen molar-refractivity contribution in [2.75, 3.05) is 50.5 Å². The van der Waals surface area contributed by atoms with Gasteiger partial charge in [0, 0.05) is 62.3 Å². The van der Waals surface area contributed by atoms with Gasteiger partial charge in [-0.2, -0.15) is 5.10 Å². The lowest BCUT2D eigenvalue weighted by Crippen LogP contribution is -2.46. The minimum Gasteiger partial charge on any atom is -0.495 e. The topological polar surface area (TPSA) is 59.6 Å². The van der Waals surface area contributed by atoms with Gasteiger partial charge in [0.15, 0.2) is 0 Å². The van der Waals surface area contributed by atoms with Crippen LogP contribution >= 0.6 is 0 Å². The van der Waals surface area contributed by atoms with Crippen molar-refractivity contribution in [2.45, 2.75) is 6.92 Å². The van der Waals surface area contributed by atoms with Crippen LogP contribution in [0.5, 0.6) is 5.75 Å². The average Bonchev–Trinajstić information content (AvgIpc) is 3.01. The molecule has 0 bridgehead atoms. The predicted octanol–water partition coefficient (Wildman–Crippen LogP) is 1.82. The van der Waals surface area contributed by atoms with Crippen LogP contribution in [0.15, 0.2) is 24.5 Å². The zero-order valence-electron chi connectivity index (χ0n) is 14.1. The Morgan fingerprint density at radius 3 is 2.52 bits per heavy atom. The molecule has 0 unspecified atom stereocenters. The molecule has 2 heterocycles. The average molecular weight is 315 g/mol. The van der Waals surface area contributed by atoms with Crippen LogP contribution in [-0.2, 0) is 7.05 Å². The van der Waals surface area contributed by atoms with Gasteiger partial charge >= 0.3 is 0 Å². The largest absolute Gasteiger partial charge is 0.495 e. The predicted molar refractivity (Wildman–Crippen MR) is 93.9 cm³/mol. The molecular weight excluding hydrogens is 290 g/mol. The number of rotatable bonds is 4. The van der Waals surface area contributed by atoms with Crippen LogP contribution in [-0.4, -0.2) is 54.5 Å². The number of aryl methyl sites for hydroxylation is 1. The van der Waals surface area contributed by atoms with Crippen molar-refractivity contribution < 1.29 is 4.74 Å². The summed E-state index contributed by atoms with van der Waals surface area (Å²) in [5.74, 6) is 0.727. The quantitative estimate of drug-likeness (QED) is 0.872. The fourth-order valence-electron chi connectivity index (χ4n) is 3.12. The first-order valence-electron chi connectivity index (χ1n) is 8.06. The van der Waals surface area contributed by atoms with Crippen LogP contribution in [0, 0.1) is 0 Å². The number of piperazine rings is 1. The van der Waals surface area contributed by atoms with Gasteiger partial charge in [-0.15, -0.1) is 0 Å². The number of hydrogen-bond acceptors (Lipinski definition) is 5. The highest BCUT2D eigenvalue weighted by Crippen LogP contribution is 2.38. The molecule has 6 nitrogen and oxygen atoms in total. The van der Waals surface area contributed by atoms with Crippen LogP contribution < -0.4 is 15.4 Å². The second-order valence-electron chi connectivity index (χ2n) is 5.94. The molecule has 2 N–H and O–H groups in total. The minimum absolute atomic E-state index is 0.655. The summed E-state index contributed by atoms with van der Waals surface area (Å²) in [7, 11) is 3.59. The number of methoxy groups -OCH3 is 1. The van der Waals surface area contributed by atoms with E-state index in [1.807, 2.05) is 30.2 Å². The first-order valence-corrected chi connectivity index (χ1v) is 8.06. The molecule has 6 heteroatoms. The third kappa shape index (κ3) is 3.12. The molecule has 23 heavy (non-hydrogen) atoms. The van der Waals surface area contributed by atoms with Crippen molar-refractivity contribution in [3.63, 3.8) is 0 Å². The highest BCUT2D eigenvalue weighted by atomic mass is 16.5. The normalized spacial score (nSPS) is 15.9. The van der Waals surface area contributed by atoms with Crippen molar-refractivity contribution in [2.24, 2.45) is 7.05 Å². The first-order chi connectivity index (χ1) is 11.1. The van der Waals surface area contributed by atoms with Crippen molar-refractivity contribution in [3.05, 3.63) is 24.5 Å². The SMILES string of the molecule is CCN1CCN(c2cc(OC)c(N)cc2-c2cnn(C)c2)CC1. The summed E-state index contributed by atoms with van der Waals surface area (Å²) in [6.45, 7) is 7.49. The molecule has 3 rings (SSSR count). The number of hydrogen-bond donors (Lipinski definition) is 1. The van der Waals surface area contributed by atoms with E-state index in [0.717, 1.165) is 49.6 Å². The van der Waals surface area contributed by atoms with Gasteiger partial charge in [0.1, 0.15) is 5.75 Å². The zero-order valence-corrected chi connectivity index (χ0v) is 14.1. The summed E-state index contributed by atoms with van der Waals surface area (Å²) >= 11 is 0. The maximum Gasteiger partial charge on any atom is 0.143 e. The number of aromatic nitrogens is 2. The van der Waals surface area contributed by atoms with Crippen molar-refractivity contribution in [3.8, 4) is 16.9 Å².